The molecule has 0 spiro atoms. The van der Waals surface area contributed by atoms with Crippen molar-refractivity contribution in [2.75, 3.05) is 23.3 Å². The first-order chi connectivity index (χ1) is 13.6. The van der Waals surface area contributed by atoms with E-state index in [-0.39, 0.29) is 0 Å². The number of nitrogens with one attached hydrogen (secondary N) is 1. The second-order valence-electron chi connectivity index (χ2n) is 6.43. The molecule has 146 valence electrons. The molecule has 4 rings (SSSR count). The SMILES string of the molecule is Cc1ccc(NC=O)cc1-c1ncc(F)cn1.Cn1cnc(N2CCCC2)n1. The van der Waals surface area contributed by atoms with Crippen molar-refractivity contribution < 1.29 is 9.18 Å². The van der Waals surface area contributed by atoms with E-state index >= 15 is 0 Å². The Morgan fingerprint density at radius 2 is 1.86 bits per heavy atom. The van der Waals surface area contributed by atoms with E-state index in [9.17, 15) is 9.18 Å². The average Bonchev–Trinajstić information content (AvgIpc) is 3.36. The smallest absolute Gasteiger partial charge is 0.244 e. The van der Waals surface area contributed by atoms with Crippen LogP contribution in [0.4, 0.5) is 16.0 Å². The van der Waals surface area contributed by atoms with Crippen molar-refractivity contribution in [2.45, 2.75) is 19.8 Å². The van der Waals surface area contributed by atoms with Crippen molar-refractivity contribution in [1.82, 2.24) is 24.7 Å². The molecule has 1 N–H and O–H groups in total. The van der Waals surface area contributed by atoms with E-state index in [0.717, 1.165) is 42.6 Å². The number of rotatable bonds is 4. The topological polar surface area (TPSA) is 88.8 Å². The maximum Gasteiger partial charge on any atom is 0.244 e. The largest absolute Gasteiger partial charge is 0.340 e. The highest BCUT2D eigenvalue weighted by Gasteiger charge is 2.14. The molecule has 0 bridgehead atoms. The molecule has 0 atom stereocenters. The Hall–Kier alpha value is -3.36. The Morgan fingerprint density at radius 1 is 1.14 bits per heavy atom. The van der Waals surface area contributed by atoms with Gasteiger partial charge in [0.25, 0.3) is 0 Å². The molecule has 1 amide bonds. The maximum atomic E-state index is 12.7. The normalized spacial score (nSPS) is 13.0. The highest BCUT2D eigenvalue weighted by molar-refractivity contribution is 5.75. The molecule has 0 aliphatic carbocycles. The van der Waals surface area contributed by atoms with E-state index in [4.69, 9.17) is 0 Å². The lowest BCUT2D eigenvalue weighted by molar-refractivity contribution is -0.105. The van der Waals surface area contributed by atoms with Crippen LogP contribution in [0.15, 0.2) is 36.9 Å². The van der Waals surface area contributed by atoms with Crippen LogP contribution >= 0.6 is 0 Å². The minimum atomic E-state index is -0.478. The van der Waals surface area contributed by atoms with Crippen LogP contribution in [0.2, 0.25) is 0 Å². The number of carbonyl (C=O) groups excluding carboxylic acids is 1. The van der Waals surface area contributed by atoms with Gasteiger partial charge in [0, 0.05) is 31.4 Å². The maximum absolute atomic E-state index is 12.7. The molecule has 0 unspecified atom stereocenters. The quantitative estimate of drug-likeness (QED) is 0.697. The van der Waals surface area contributed by atoms with Gasteiger partial charge in [-0.25, -0.2) is 19.3 Å². The molecule has 0 radical (unpaired) electrons. The van der Waals surface area contributed by atoms with Crippen LogP contribution in [-0.4, -0.2) is 44.2 Å². The summed E-state index contributed by atoms with van der Waals surface area (Å²) in [6.07, 6.45) is 7.12. The first-order valence-corrected chi connectivity index (χ1v) is 8.96. The molecular weight excluding hydrogens is 361 g/mol. The predicted molar refractivity (Wildman–Crippen MR) is 104 cm³/mol. The lowest BCUT2D eigenvalue weighted by Gasteiger charge is -2.10. The van der Waals surface area contributed by atoms with Crippen molar-refractivity contribution >= 4 is 18.0 Å². The third kappa shape index (κ3) is 4.87. The highest BCUT2D eigenvalue weighted by atomic mass is 19.1. The number of nitrogens with zero attached hydrogens (tertiary/aromatic N) is 6. The Bertz CT molecular complexity index is 920. The van der Waals surface area contributed by atoms with Gasteiger partial charge in [-0.3, -0.25) is 9.48 Å². The molecule has 3 heterocycles. The van der Waals surface area contributed by atoms with E-state index in [0.29, 0.717) is 17.9 Å². The average molecular weight is 383 g/mol. The molecule has 0 saturated carbocycles. The number of aryl methyl sites for hydroxylation is 2. The lowest BCUT2D eigenvalue weighted by Crippen LogP contribution is -2.19. The van der Waals surface area contributed by atoms with Crippen LogP contribution in [0.5, 0.6) is 0 Å². The summed E-state index contributed by atoms with van der Waals surface area (Å²) in [4.78, 5) is 24.6. The number of benzene rings is 1. The standard InChI is InChI=1S/C12H10FN3O.C7H12N4/c1-8-2-3-10(16-7-17)4-11(8)12-14-5-9(13)6-15-12;1-10-6-8-7(9-10)11-4-2-3-5-11/h2-7H,1H3,(H,16,17);6H,2-5H2,1H3. The van der Waals surface area contributed by atoms with Gasteiger partial charge in [0.1, 0.15) is 6.33 Å². The minimum absolute atomic E-state index is 0.429. The fourth-order valence-electron chi connectivity index (χ4n) is 2.86. The third-order valence-corrected chi connectivity index (χ3v) is 4.30. The van der Waals surface area contributed by atoms with E-state index in [1.54, 1.807) is 23.1 Å². The molecule has 1 aliphatic heterocycles. The zero-order valence-electron chi connectivity index (χ0n) is 15.8. The van der Waals surface area contributed by atoms with E-state index in [1.165, 1.54) is 12.8 Å². The van der Waals surface area contributed by atoms with Crippen LogP contribution < -0.4 is 10.2 Å². The molecular formula is C19H22FN7O. The van der Waals surface area contributed by atoms with Crippen molar-refractivity contribution in [3.8, 4) is 11.4 Å². The fourth-order valence-corrected chi connectivity index (χ4v) is 2.86. The first kappa shape index (κ1) is 19.4. The zero-order valence-corrected chi connectivity index (χ0v) is 15.8. The monoisotopic (exact) mass is 383 g/mol. The Morgan fingerprint density at radius 3 is 2.46 bits per heavy atom. The number of hydrogen-bond donors (Lipinski definition) is 1. The van der Waals surface area contributed by atoms with E-state index in [2.05, 4.69) is 30.3 Å². The molecule has 1 aliphatic rings. The van der Waals surface area contributed by atoms with Crippen LogP contribution in [0, 0.1) is 12.7 Å². The van der Waals surface area contributed by atoms with Crippen molar-refractivity contribution in [3.63, 3.8) is 0 Å². The number of amides is 1. The van der Waals surface area contributed by atoms with Gasteiger partial charge < -0.3 is 10.2 Å². The summed E-state index contributed by atoms with van der Waals surface area (Å²) >= 11 is 0. The van der Waals surface area contributed by atoms with Crippen LogP contribution in [0.1, 0.15) is 18.4 Å². The van der Waals surface area contributed by atoms with Gasteiger partial charge in [-0.2, -0.15) is 0 Å². The van der Waals surface area contributed by atoms with Gasteiger partial charge in [-0.05, 0) is 37.5 Å². The molecule has 3 aromatic rings. The Labute approximate surface area is 162 Å². The Balaban J connectivity index is 0.000000176. The molecule has 1 aromatic carbocycles. The predicted octanol–water partition coefficient (Wildman–Crippen LogP) is 2.57. The molecule has 1 fully saturated rings. The molecule has 9 heteroatoms. The van der Waals surface area contributed by atoms with Gasteiger partial charge in [-0.15, -0.1) is 5.10 Å². The van der Waals surface area contributed by atoms with Gasteiger partial charge in [0.2, 0.25) is 12.4 Å². The summed E-state index contributed by atoms with van der Waals surface area (Å²) in [5.41, 5.74) is 2.36. The summed E-state index contributed by atoms with van der Waals surface area (Å²) < 4.78 is 14.5. The first-order valence-electron chi connectivity index (χ1n) is 8.96. The lowest BCUT2D eigenvalue weighted by atomic mass is 10.1. The molecule has 1 saturated heterocycles. The molecule has 28 heavy (non-hydrogen) atoms. The van der Waals surface area contributed by atoms with Crippen LogP contribution in [0.3, 0.4) is 0 Å². The minimum Gasteiger partial charge on any atom is -0.340 e. The second kappa shape index (κ2) is 9.03. The molecule has 8 nitrogen and oxygen atoms in total. The van der Waals surface area contributed by atoms with Gasteiger partial charge in [0.05, 0.1) is 12.4 Å². The summed E-state index contributed by atoms with van der Waals surface area (Å²) in [7, 11) is 1.90. The summed E-state index contributed by atoms with van der Waals surface area (Å²) in [5.74, 6) is 0.831. The van der Waals surface area contributed by atoms with Crippen molar-refractivity contribution in [1.29, 1.82) is 0 Å². The number of aromatic nitrogens is 5. The van der Waals surface area contributed by atoms with E-state index < -0.39 is 5.82 Å². The van der Waals surface area contributed by atoms with Gasteiger partial charge >= 0.3 is 0 Å². The second-order valence-corrected chi connectivity index (χ2v) is 6.43. The van der Waals surface area contributed by atoms with Crippen molar-refractivity contribution in [2.24, 2.45) is 7.05 Å². The summed E-state index contributed by atoms with van der Waals surface area (Å²) in [6, 6.07) is 5.36. The fraction of sp³-hybridized carbons (Fsp3) is 0.316. The summed E-state index contributed by atoms with van der Waals surface area (Å²) in [5, 5.41) is 6.77. The third-order valence-electron chi connectivity index (χ3n) is 4.30. The number of carbonyl (C=O) groups is 1. The summed E-state index contributed by atoms with van der Waals surface area (Å²) in [6.45, 7) is 4.13. The van der Waals surface area contributed by atoms with Crippen LogP contribution in [0.25, 0.3) is 11.4 Å². The van der Waals surface area contributed by atoms with Gasteiger partial charge in [0.15, 0.2) is 11.6 Å². The zero-order chi connectivity index (χ0) is 19.9. The number of hydrogen-bond acceptors (Lipinski definition) is 6. The van der Waals surface area contributed by atoms with E-state index in [1.807, 2.05) is 20.0 Å². The molecule has 2 aromatic heterocycles. The Kier molecular flexibility index (Phi) is 6.25. The number of halogens is 1. The van der Waals surface area contributed by atoms with Crippen LogP contribution in [-0.2, 0) is 11.8 Å². The number of anilines is 2. The highest BCUT2D eigenvalue weighted by Crippen LogP contribution is 2.23. The van der Waals surface area contributed by atoms with Gasteiger partial charge in [-0.1, -0.05) is 6.07 Å². The van der Waals surface area contributed by atoms with Crippen molar-refractivity contribution in [3.05, 3.63) is 48.3 Å².